The van der Waals surface area contributed by atoms with E-state index in [4.69, 9.17) is 4.74 Å². The number of hydrogen-bond acceptors (Lipinski definition) is 5. The molecule has 144 valence electrons. The molecular weight excluding hydrogens is 350 g/mol. The fourth-order valence-electron chi connectivity index (χ4n) is 3.61. The minimum absolute atomic E-state index is 0.0672. The van der Waals surface area contributed by atoms with Crippen molar-refractivity contribution >= 4 is 29.4 Å². The highest BCUT2D eigenvalue weighted by Crippen LogP contribution is 2.22. The fourth-order valence-corrected chi connectivity index (χ4v) is 3.61. The summed E-state index contributed by atoms with van der Waals surface area (Å²) in [5.41, 5.74) is 1.03. The molecular formula is C19H24N3O5+. The SMILES string of the molecule is CCOC(=O)N1CC[NH+]([C@H]2CC(=O)N(c3ccc(C(C)=O)cc3)C2=O)CC1. The van der Waals surface area contributed by atoms with E-state index in [9.17, 15) is 19.2 Å². The summed E-state index contributed by atoms with van der Waals surface area (Å²) in [5.74, 6) is -0.529. The van der Waals surface area contributed by atoms with Crippen LogP contribution in [0.2, 0.25) is 0 Å². The number of imide groups is 1. The molecule has 0 radical (unpaired) electrons. The number of anilines is 1. The molecule has 3 amide bonds. The number of amides is 3. The van der Waals surface area contributed by atoms with Crippen molar-refractivity contribution in [1.29, 1.82) is 0 Å². The van der Waals surface area contributed by atoms with Crippen LogP contribution in [-0.2, 0) is 14.3 Å². The molecule has 0 saturated carbocycles. The first-order valence-electron chi connectivity index (χ1n) is 9.16. The lowest BCUT2D eigenvalue weighted by Crippen LogP contribution is -3.19. The number of Topliss-reactive ketones (excluding diaryl/α,β-unsaturated/α-hetero) is 1. The molecule has 3 rings (SSSR count). The Morgan fingerprint density at radius 2 is 1.78 bits per heavy atom. The van der Waals surface area contributed by atoms with Gasteiger partial charge in [0.25, 0.3) is 5.91 Å². The highest BCUT2D eigenvalue weighted by molar-refractivity contribution is 6.22. The minimum atomic E-state index is -0.436. The number of rotatable bonds is 4. The molecule has 27 heavy (non-hydrogen) atoms. The molecule has 0 spiro atoms. The van der Waals surface area contributed by atoms with Gasteiger partial charge in [-0.2, -0.15) is 0 Å². The molecule has 2 aliphatic rings. The summed E-state index contributed by atoms with van der Waals surface area (Å²) in [6, 6.07) is 6.06. The first-order valence-corrected chi connectivity index (χ1v) is 9.16. The Morgan fingerprint density at radius 1 is 1.15 bits per heavy atom. The summed E-state index contributed by atoms with van der Waals surface area (Å²) >= 11 is 0. The number of ether oxygens (including phenoxy) is 1. The van der Waals surface area contributed by atoms with Gasteiger partial charge in [0.15, 0.2) is 11.8 Å². The second-order valence-electron chi connectivity index (χ2n) is 6.77. The van der Waals surface area contributed by atoms with Crippen LogP contribution >= 0.6 is 0 Å². The molecule has 0 unspecified atom stereocenters. The largest absolute Gasteiger partial charge is 0.450 e. The topological polar surface area (TPSA) is 88.4 Å². The Morgan fingerprint density at radius 3 is 2.33 bits per heavy atom. The van der Waals surface area contributed by atoms with Crippen molar-refractivity contribution in [2.75, 3.05) is 37.7 Å². The number of carbonyl (C=O) groups is 4. The van der Waals surface area contributed by atoms with Crippen molar-refractivity contribution in [2.45, 2.75) is 26.3 Å². The molecule has 0 aromatic heterocycles. The van der Waals surface area contributed by atoms with E-state index >= 15 is 0 Å². The van der Waals surface area contributed by atoms with Crippen molar-refractivity contribution in [3.8, 4) is 0 Å². The number of ketones is 1. The number of carbonyl (C=O) groups excluding carboxylic acids is 4. The number of quaternary nitrogens is 1. The molecule has 1 atom stereocenters. The lowest BCUT2D eigenvalue weighted by molar-refractivity contribution is -0.918. The Bertz CT molecular complexity index is 753. The normalized spacial score (nSPS) is 20.9. The predicted octanol–water partition coefficient (Wildman–Crippen LogP) is -0.122. The van der Waals surface area contributed by atoms with Crippen LogP contribution in [0.4, 0.5) is 10.5 Å². The second-order valence-corrected chi connectivity index (χ2v) is 6.77. The molecule has 0 aliphatic carbocycles. The zero-order chi connectivity index (χ0) is 19.6. The molecule has 1 aromatic rings. The van der Waals surface area contributed by atoms with Crippen molar-refractivity contribution in [1.82, 2.24) is 4.90 Å². The zero-order valence-electron chi connectivity index (χ0n) is 15.6. The van der Waals surface area contributed by atoms with Crippen LogP contribution in [0, 0.1) is 0 Å². The number of nitrogens with zero attached hydrogens (tertiary/aromatic N) is 2. The highest BCUT2D eigenvalue weighted by atomic mass is 16.6. The van der Waals surface area contributed by atoms with Crippen molar-refractivity contribution < 1.29 is 28.8 Å². The van der Waals surface area contributed by atoms with Crippen LogP contribution in [0.3, 0.4) is 0 Å². The molecule has 8 heteroatoms. The summed E-state index contributed by atoms with van der Waals surface area (Å²) in [6.45, 7) is 5.76. The predicted molar refractivity (Wildman–Crippen MR) is 96.6 cm³/mol. The second kappa shape index (κ2) is 7.87. The van der Waals surface area contributed by atoms with Gasteiger partial charge in [-0.05, 0) is 38.1 Å². The van der Waals surface area contributed by atoms with Gasteiger partial charge >= 0.3 is 6.09 Å². The Hall–Kier alpha value is -2.74. The molecule has 2 aliphatic heterocycles. The molecule has 2 saturated heterocycles. The van der Waals surface area contributed by atoms with Gasteiger partial charge in [-0.1, -0.05) is 0 Å². The third kappa shape index (κ3) is 3.85. The van der Waals surface area contributed by atoms with Gasteiger partial charge in [0.1, 0.15) is 0 Å². The Labute approximate surface area is 157 Å². The van der Waals surface area contributed by atoms with Gasteiger partial charge in [-0.3, -0.25) is 19.3 Å². The van der Waals surface area contributed by atoms with Gasteiger partial charge in [0.2, 0.25) is 5.91 Å². The highest BCUT2D eigenvalue weighted by Gasteiger charge is 2.46. The lowest BCUT2D eigenvalue weighted by atomic mass is 10.1. The number of hydrogen-bond donors (Lipinski definition) is 1. The lowest BCUT2D eigenvalue weighted by Gasteiger charge is -2.33. The molecule has 0 bridgehead atoms. The van der Waals surface area contributed by atoms with Crippen molar-refractivity contribution in [3.63, 3.8) is 0 Å². The first-order chi connectivity index (χ1) is 12.9. The van der Waals surface area contributed by atoms with Crippen LogP contribution in [0.15, 0.2) is 24.3 Å². The fraction of sp³-hybridized carbons (Fsp3) is 0.474. The summed E-state index contributed by atoms with van der Waals surface area (Å²) in [7, 11) is 0. The maximum absolute atomic E-state index is 12.9. The van der Waals surface area contributed by atoms with Crippen LogP contribution in [-0.4, -0.2) is 67.4 Å². The van der Waals surface area contributed by atoms with Gasteiger partial charge < -0.3 is 9.64 Å². The number of benzene rings is 1. The van der Waals surface area contributed by atoms with E-state index in [1.165, 1.54) is 11.8 Å². The van der Waals surface area contributed by atoms with E-state index in [0.717, 1.165) is 4.90 Å². The third-order valence-electron chi connectivity index (χ3n) is 5.10. The zero-order valence-corrected chi connectivity index (χ0v) is 15.6. The van der Waals surface area contributed by atoms with Gasteiger partial charge in [0.05, 0.1) is 44.9 Å². The third-order valence-corrected chi connectivity index (χ3v) is 5.10. The average molecular weight is 374 g/mol. The summed E-state index contributed by atoms with van der Waals surface area (Å²) in [4.78, 5) is 52.4. The maximum atomic E-state index is 12.9. The Kier molecular flexibility index (Phi) is 5.55. The summed E-state index contributed by atoms with van der Waals surface area (Å²) in [6.07, 6.45) is -0.181. The summed E-state index contributed by atoms with van der Waals surface area (Å²) in [5, 5.41) is 0. The molecule has 2 fully saturated rings. The molecule has 1 N–H and O–H groups in total. The minimum Gasteiger partial charge on any atom is -0.450 e. The van der Waals surface area contributed by atoms with E-state index in [-0.39, 0.29) is 30.1 Å². The average Bonchev–Trinajstić information content (AvgIpc) is 2.96. The van der Waals surface area contributed by atoms with Crippen LogP contribution < -0.4 is 9.80 Å². The van der Waals surface area contributed by atoms with E-state index in [1.54, 1.807) is 36.1 Å². The first kappa shape index (κ1) is 19.0. The molecule has 1 aromatic carbocycles. The Balaban J connectivity index is 1.66. The van der Waals surface area contributed by atoms with Crippen LogP contribution in [0.25, 0.3) is 0 Å². The van der Waals surface area contributed by atoms with Crippen LogP contribution in [0.5, 0.6) is 0 Å². The van der Waals surface area contributed by atoms with E-state index in [0.29, 0.717) is 44.0 Å². The van der Waals surface area contributed by atoms with Gasteiger partial charge in [-0.25, -0.2) is 9.69 Å². The molecule has 8 nitrogen and oxygen atoms in total. The van der Waals surface area contributed by atoms with E-state index in [1.807, 2.05) is 0 Å². The van der Waals surface area contributed by atoms with E-state index in [2.05, 4.69) is 0 Å². The number of piperazine rings is 1. The van der Waals surface area contributed by atoms with E-state index < -0.39 is 6.04 Å². The van der Waals surface area contributed by atoms with Crippen molar-refractivity contribution in [2.24, 2.45) is 0 Å². The smallest absolute Gasteiger partial charge is 0.410 e. The quantitative estimate of drug-likeness (QED) is 0.586. The monoisotopic (exact) mass is 374 g/mol. The van der Waals surface area contributed by atoms with Gasteiger partial charge in [-0.15, -0.1) is 0 Å². The maximum Gasteiger partial charge on any atom is 0.410 e. The van der Waals surface area contributed by atoms with Crippen molar-refractivity contribution in [3.05, 3.63) is 29.8 Å². The standard InChI is InChI=1S/C19H23N3O5/c1-3-27-19(26)21-10-8-20(9-11-21)16-12-17(24)22(18(16)25)15-6-4-14(5-7-15)13(2)23/h4-7,16H,3,8-12H2,1-2H3/p+1/t16-/m0/s1. The van der Waals surface area contributed by atoms with Crippen LogP contribution in [0.1, 0.15) is 30.6 Å². The summed E-state index contributed by atoms with van der Waals surface area (Å²) < 4.78 is 5.01. The van der Waals surface area contributed by atoms with Gasteiger partial charge in [0, 0.05) is 5.56 Å². The molecule has 2 heterocycles. The number of nitrogens with one attached hydrogen (secondary N) is 1.